The molecule has 0 amide bonds. The number of hydrogen-bond acceptors (Lipinski definition) is 5. The maximum Gasteiger partial charge on any atom is 0.272 e. The number of anilines is 1. The molecule has 4 aromatic rings. The van der Waals surface area contributed by atoms with Gasteiger partial charge in [-0.15, -0.1) is 0 Å². The molecule has 0 bridgehead atoms. The molecule has 2 aromatic carbocycles. The van der Waals surface area contributed by atoms with Crippen molar-refractivity contribution < 1.29 is 15.0 Å². The summed E-state index contributed by atoms with van der Waals surface area (Å²) in [5, 5.41) is 26.2. The number of non-ortho nitro benzene ring substituents is 1. The van der Waals surface area contributed by atoms with Crippen LogP contribution in [-0.4, -0.2) is 15.0 Å². The zero-order chi connectivity index (χ0) is 20.4. The minimum Gasteiger partial charge on any atom is -0.505 e. The molecule has 0 spiro atoms. The van der Waals surface area contributed by atoms with Gasteiger partial charge in [0.2, 0.25) is 0 Å². The first-order valence-electron chi connectivity index (χ1n) is 9.10. The molecule has 1 atom stereocenters. The molecule has 0 saturated heterocycles. The molecule has 2 heterocycles. The third-order valence-corrected chi connectivity index (χ3v) is 4.76. The number of rotatable bonds is 5. The summed E-state index contributed by atoms with van der Waals surface area (Å²) in [7, 11) is 0. The number of phenols is 1. The van der Waals surface area contributed by atoms with E-state index in [9.17, 15) is 15.2 Å². The van der Waals surface area contributed by atoms with E-state index in [2.05, 4.69) is 15.3 Å². The second-order valence-corrected chi connectivity index (χ2v) is 6.73. The van der Waals surface area contributed by atoms with Gasteiger partial charge < -0.3 is 5.11 Å². The second kappa shape index (κ2) is 7.55. The Hall–Kier alpha value is -4.00. The van der Waals surface area contributed by atoms with Crippen LogP contribution >= 0.6 is 0 Å². The van der Waals surface area contributed by atoms with E-state index in [0.717, 1.165) is 22.5 Å². The summed E-state index contributed by atoms with van der Waals surface area (Å²) in [6.45, 7) is 1.87. The fourth-order valence-corrected chi connectivity index (χ4v) is 3.29. The molecule has 0 fully saturated rings. The second-order valence-electron chi connectivity index (χ2n) is 6.73. The number of aromatic hydroxyl groups is 1. The molecule has 0 aliphatic carbocycles. The number of fused-ring (bicyclic) bond motifs is 1. The van der Waals surface area contributed by atoms with Crippen molar-refractivity contribution in [3.63, 3.8) is 0 Å². The molecule has 0 unspecified atom stereocenters. The van der Waals surface area contributed by atoms with Crippen LogP contribution in [0.5, 0.6) is 5.75 Å². The van der Waals surface area contributed by atoms with E-state index < -0.39 is 11.0 Å². The molecule has 144 valence electrons. The monoisotopic (exact) mass is 387 g/mol. The van der Waals surface area contributed by atoms with Crippen molar-refractivity contribution in [3.8, 4) is 5.75 Å². The smallest absolute Gasteiger partial charge is 0.272 e. The van der Waals surface area contributed by atoms with Crippen LogP contribution in [0, 0.1) is 17.0 Å². The summed E-state index contributed by atoms with van der Waals surface area (Å²) < 4.78 is 0. The Kier molecular flexibility index (Phi) is 4.78. The van der Waals surface area contributed by atoms with Crippen LogP contribution in [0.4, 0.5) is 11.5 Å². The Morgan fingerprint density at radius 2 is 1.83 bits per heavy atom. The zero-order valence-corrected chi connectivity index (χ0v) is 15.7. The number of phenolic OH excluding ortho intramolecular Hbond substituents is 1. The highest BCUT2D eigenvalue weighted by molar-refractivity contribution is 5.86. The summed E-state index contributed by atoms with van der Waals surface area (Å²) in [6.07, 6.45) is 1.79. The van der Waals surface area contributed by atoms with Crippen molar-refractivity contribution in [2.75, 3.05) is 5.32 Å². The molecule has 7 heteroatoms. The molecule has 29 heavy (non-hydrogen) atoms. The minimum absolute atomic E-state index is 0.0128. The predicted octanol–water partition coefficient (Wildman–Crippen LogP) is 4.17. The van der Waals surface area contributed by atoms with Gasteiger partial charge in [-0.3, -0.25) is 15.4 Å². The van der Waals surface area contributed by atoms with Gasteiger partial charge in [0.1, 0.15) is 17.3 Å². The Morgan fingerprint density at radius 1 is 1.07 bits per heavy atom. The fraction of sp³-hybridized carbons (Fsp3) is 0.0909. The Bertz CT molecular complexity index is 1180. The van der Waals surface area contributed by atoms with E-state index in [-0.39, 0.29) is 11.4 Å². The average molecular weight is 387 g/mol. The van der Waals surface area contributed by atoms with Crippen LogP contribution in [0.1, 0.15) is 22.9 Å². The number of nitro groups is 1. The Morgan fingerprint density at radius 3 is 2.52 bits per heavy atom. The van der Waals surface area contributed by atoms with E-state index in [1.165, 1.54) is 12.1 Å². The largest absolute Gasteiger partial charge is 0.505 e. The van der Waals surface area contributed by atoms with Crippen molar-refractivity contribution >= 4 is 22.4 Å². The van der Waals surface area contributed by atoms with Gasteiger partial charge >= 0.3 is 0 Å². The van der Waals surface area contributed by atoms with Crippen LogP contribution < -0.4 is 10.3 Å². The zero-order valence-electron chi connectivity index (χ0n) is 15.7. The number of benzene rings is 2. The highest BCUT2D eigenvalue weighted by Gasteiger charge is 2.25. The van der Waals surface area contributed by atoms with E-state index >= 15 is 0 Å². The van der Waals surface area contributed by atoms with Gasteiger partial charge in [0, 0.05) is 40.4 Å². The molecule has 7 nitrogen and oxygen atoms in total. The topological polar surface area (TPSA) is 102 Å². The highest BCUT2D eigenvalue weighted by atomic mass is 16.6. The number of hydrogen-bond donors (Lipinski definition) is 2. The molecule has 0 saturated carbocycles. The third-order valence-electron chi connectivity index (χ3n) is 4.76. The molecule has 2 aromatic heterocycles. The standard InChI is InChI=1S/C22H18N4O3/c1-14-5-6-16-9-12-18(22(27)21(16)24-14)20(25-19-4-2-3-13-23-19)15-7-10-17(11-8-15)26(28)29/h2-13,20,27H,1H3,(H,23,25)/p+1/t20-/m1/s1. The Labute approximate surface area is 166 Å². The van der Waals surface area contributed by atoms with Gasteiger partial charge in [-0.2, -0.15) is 0 Å². The van der Waals surface area contributed by atoms with Gasteiger partial charge in [0.15, 0.2) is 0 Å². The number of nitrogens with zero attached hydrogens (tertiary/aromatic N) is 2. The summed E-state index contributed by atoms with van der Waals surface area (Å²) in [6, 6.07) is 19.0. The lowest BCUT2D eigenvalue weighted by Crippen LogP contribution is -2.19. The summed E-state index contributed by atoms with van der Waals surface area (Å²) in [4.78, 5) is 18.2. The van der Waals surface area contributed by atoms with E-state index in [0.29, 0.717) is 11.1 Å². The lowest BCUT2D eigenvalue weighted by Gasteiger charge is -2.17. The molecule has 3 N–H and O–H groups in total. The first kappa shape index (κ1) is 18.4. The molecular formula is C22H19N4O3+. The third kappa shape index (κ3) is 3.70. The van der Waals surface area contributed by atoms with E-state index in [1.807, 2.05) is 49.4 Å². The SMILES string of the molecule is Cc1ccc2ccc([C@H](Nc3cccc[nH+]3)c3ccc([N+](=O)[O-])cc3)c(O)c2n1. The number of aryl methyl sites for hydroxylation is 1. The van der Waals surface area contributed by atoms with E-state index in [4.69, 9.17) is 0 Å². The number of nitro benzene ring substituents is 1. The minimum atomic E-state index is -0.443. The van der Waals surface area contributed by atoms with Crippen molar-refractivity contribution in [1.82, 2.24) is 4.98 Å². The fourth-order valence-electron chi connectivity index (χ4n) is 3.29. The molecule has 0 radical (unpaired) electrons. The quantitative estimate of drug-likeness (QED) is 0.395. The normalized spacial score (nSPS) is 11.9. The van der Waals surface area contributed by atoms with Crippen molar-refractivity contribution in [1.29, 1.82) is 0 Å². The predicted molar refractivity (Wildman–Crippen MR) is 110 cm³/mol. The average Bonchev–Trinajstić information content (AvgIpc) is 2.74. The van der Waals surface area contributed by atoms with Crippen LogP contribution in [0.15, 0.2) is 72.9 Å². The molecule has 0 aliphatic rings. The number of H-pyrrole nitrogens is 1. The lowest BCUT2D eigenvalue weighted by atomic mass is 9.96. The van der Waals surface area contributed by atoms with Crippen molar-refractivity contribution in [2.24, 2.45) is 0 Å². The Balaban J connectivity index is 1.84. The number of pyridine rings is 2. The van der Waals surface area contributed by atoms with Crippen molar-refractivity contribution in [3.05, 3.63) is 99.9 Å². The van der Waals surface area contributed by atoms with Crippen LogP contribution in [0.25, 0.3) is 10.9 Å². The van der Waals surface area contributed by atoms with Crippen LogP contribution in [0.2, 0.25) is 0 Å². The van der Waals surface area contributed by atoms with Gasteiger partial charge in [0.25, 0.3) is 11.5 Å². The summed E-state index contributed by atoms with van der Waals surface area (Å²) in [5.41, 5.74) is 2.74. The molecule has 0 aliphatic heterocycles. The van der Waals surface area contributed by atoms with Crippen LogP contribution in [0.3, 0.4) is 0 Å². The number of aromatic amines is 1. The van der Waals surface area contributed by atoms with Gasteiger partial charge in [-0.05, 0) is 37.3 Å². The molecule has 4 rings (SSSR count). The van der Waals surface area contributed by atoms with E-state index in [1.54, 1.807) is 18.3 Å². The lowest BCUT2D eigenvalue weighted by molar-refractivity contribution is -0.384. The first-order chi connectivity index (χ1) is 14.0. The maximum absolute atomic E-state index is 11.0. The first-order valence-corrected chi connectivity index (χ1v) is 9.10. The molecular weight excluding hydrogens is 368 g/mol. The summed E-state index contributed by atoms with van der Waals surface area (Å²) in [5.74, 6) is 0.825. The van der Waals surface area contributed by atoms with Crippen LogP contribution in [-0.2, 0) is 0 Å². The summed E-state index contributed by atoms with van der Waals surface area (Å²) >= 11 is 0. The number of nitrogens with one attached hydrogen (secondary N) is 2. The van der Waals surface area contributed by atoms with Crippen molar-refractivity contribution in [2.45, 2.75) is 13.0 Å². The number of aromatic nitrogens is 2. The van der Waals surface area contributed by atoms with Gasteiger partial charge in [-0.25, -0.2) is 9.97 Å². The van der Waals surface area contributed by atoms with Gasteiger partial charge in [-0.1, -0.05) is 18.2 Å². The van der Waals surface area contributed by atoms with Gasteiger partial charge in [0.05, 0.1) is 11.1 Å². The maximum atomic E-state index is 11.0. The highest BCUT2D eigenvalue weighted by Crippen LogP contribution is 2.36.